The minimum atomic E-state index is -4.77. The van der Waals surface area contributed by atoms with Crippen molar-refractivity contribution in [3.63, 3.8) is 0 Å². The number of carbonyl (C=O) groups is 1. The number of hydrogen-bond donors (Lipinski definition) is 1. The summed E-state index contributed by atoms with van der Waals surface area (Å²) in [7, 11) is 0. The van der Waals surface area contributed by atoms with Crippen molar-refractivity contribution in [1.29, 1.82) is 0 Å². The molecule has 0 unspecified atom stereocenters. The zero-order valence-corrected chi connectivity index (χ0v) is 23.6. The molecule has 0 saturated carbocycles. The summed E-state index contributed by atoms with van der Waals surface area (Å²) in [5.74, 6) is -1.83. The number of carbonyl (C=O) groups excluding carboxylic acids is 1. The first-order chi connectivity index (χ1) is 17.4. The van der Waals surface area contributed by atoms with Crippen molar-refractivity contribution in [2.45, 2.75) is 148 Å². The lowest BCUT2D eigenvalue weighted by Gasteiger charge is -2.21. The van der Waals surface area contributed by atoms with Gasteiger partial charge in [-0.25, -0.2) is 0 Å². The number of alkyl halides is 3. The van der Waals surface area contributed by atoms with Gasteiger partial charge in [0, 0.05) is 6.54 Å². The van der Waals surface area contributed by atoms with E-state index in [0.29, 0.717) is 6.42 Å². The molecule has 36 heavy (non-hydrogen) atoms. The normalized spacial score (nSPS) is 12.2. The maximum atomic E-state index is 12.1. The lowest BCUT2D eigenvalue weighted by atomic mass is 10.1. The summed E-state index contributed by atoms with van der Waals surface area (Å²) in [6.45, 7) is 8.37. The molecule has 0 aliphatic rings. The second-order valence-electron chi connectivity index (χ2n) is 10.3. The molecule has 0 aromatic rings. The third kappa shape index (κ3) is 24.6. The Morgan fingerprint density at radius 2 is 1.06 bits per heavy atom. The minimum absolute atomic E-state index is 0.107. The predicted molar refractivity (Wildman–Crippen MR) is 148 cm³/mol. The fourth-order valence-electron chi connectivity index (χ4n) is 4.43. The molecule has 0 spiro atoms. The summed E-state index contributed by atoms with van der Waals surface area (Å²) < 4.78 is 36.2. The molecule has 1 N–H and O–H groups in total. The van der Waals surface area contributed by atoms with Crippen LogP contribution in [0.25, 0.3) is 0 Å². The van der Waals surface area contributed by atoms with Crippen molar-refractivity contribution in [2.24, 2.45) is 0 Å². The van der Waals surface area contributed by atoms with Gasteiger partial charge in [-0.2, -0.15) is 13.2 Å². The SMILES string of the molecule is CCCCCCCCCCCN(CCCC)CCC/C=C\CCCCCCCCNC(=O)C(F)(F)F. The summed E-state index contributed by atoms with van der Waals surface area (Å²) in [5.41, 5.74) is 0. The average Bonchev–Trinajstić information content (AvgIpc) is 2.85. The maximum absolute atomic E-state index is 12.1. The van der Waals surface area contributed by atoms with Crippen LogP contribution in [0, 0.1) is 0 Å². The van der Waals surface area contributed by atoms with Gasteiger partial charge in [0.15, 0.2) is 0 Å². The molecule has 0 saturated heterocycles. The van der Waals surface area contributed by atoms with Gasteiger partial charge in [-0.3, -0.25) is 4.79 Å². The number of rotatable bonds is 26. The van der Waals surface area contributed by atoms with Crippen LogP contribution < -0.4 is 5.32 Å². The van der Waals surface area contributed by atoms with E-state index in [1.54, 1.807) is 0 Å². The fraction of sp³-hybridized carbons (Fsp3) is 0.900. The molecule has 3 nitrogen and oxygen atoms in total. The van der Waals surface area contributed by atoms with Crippen LogP contribution in [0.3, 0.4) is 0 Å². The Labute approximate surface area is 221 Å². The van der Waals surface area contributed by atoms with Gasteiger partial charge in [-0.05, 0) is 64.6 Å². The van der Waals surface area contributed by atoms with Gasteiger partial charge in [0.1, 0.15) is 0 Å². The Hall–Kier alpha value is -1.04. The molecule has 0 bridgehead atoms. The van der Waals surface area contributed by atoms with Crippen LogP contribution in [-0.4, -0.2) is 43.2 Å². The van der Waals surface area contributed by atoms with Crippen LogP contribution >= 0.6 is 0 Å². The highest BCUT2D eigenvalue weighted by Crippen LogP contribution is 2.14. The zero-order valence-electron chi connectivity index (χ0n) is 23.6. The van der Waals surface area contributed by atoms with E-state index >= 15 is 0 Å². The van der Waals surface area contributed by atoms with Gasteiger partial charge in [0.05, 0.1) is 0 Å². The summed E-state index contributed by atoms with van der Waals surface area (Å²) in [5, 5.41) is 1.92. The molecule has 214 valence electrons. The molecule has 0 aliphatic carbocycles. The van der Waals surface area contributed by atoms with Crippen LogP contribution in [0.15, 0.2) is 12.2 Å². The second kappa shape index (κ2) is 25.6. The third-order valence-electron chi connectivity index (χ3n) is 6.76. The van der Waals surface area contributed by atoms with E-state index in [0.717, 1.165) is 38.5 Å². The second-order valence-corrected chi connectivity index (χ2v) is 10.3. The van der Waals surface area contributed by atoms with Crippen molar-refractivity contribution in [2.75, 3.05) is 26.2 Å². The smallest absolute Gasteiger partial charge is 0.348 e. The van der Waals surface area contributed by atoms with Crippen molar-refractivity contribution in [1.82, 2.24) is 10.2 Å². The molecule has 1 amide bonds. The number of nitrogens with zero attached hydrogens (tertiary/aromatic N) is 1. The van der Waals surface area contributed by atoms with Crippen molar-refractivity contribution in [3.8, 4) is 0 Å². The van der Waals surface area contributed by atoms with Gasteiger partial charge in [-0.15, -0.1) is 0 Å². The topological polar surface area (TPSA) is 32.3 Å². The molecule has 0 rings (SSSR count). The van der Waals surface area contributed by atoms with Gasteiger partial charge < -0.3 is 10.2 Å². The zero-order chi connectivity index (χ0) is 26.7. The van der Waals surface area contributed by atoms with E-state index in [1.807, 2.05) is 5.32 Å². The van der Waals surface area contributed by atoms with Crippen LogP contribution in [-0.2, 0) is 4.79 Å². The highest BCUT2D eigenvalue weighted by atomic mass is 19.4. The Bertz CT molecular complexity index is 509. The molecule has 0 radical (unpaired) electrons. The standard InChI is InChI=1S/C30H57F3N2O/c1-3-5-7-8-9-14-17-20-23-27-35(26-6-4-2)28-24-21-18-15-12-10-11-13-16-19-22-25-34-29(36)30(31,32)33/h15,18H,3-14,16-17,19-28H2,1-2H3,(H,34,36)/b18-15-. The Kier molecular flexibility index (Phi) is 24.9. The molecule has 6 heteroatoms. The Morgan fingerprint density at radius 1 is 0.611 bits per heavy atom. The number of halogens is 3. The van der Waals surface area contributed by atoms with Gasteiger partial charge >= 0.3 is 12.1 Å². The average molecular weight is 519 g/mol. The summed E-state index contributed by atoms with van der Waals surface area (Å²) in [6.07, 6.45) is 24.4. The molecule has 0 heterocycles. The van der Waals surface area contributed by atoms with E-state index in [-0.39, 0.29) is 6.54 Å². The Balaban J connectivity index is 3.61. The molecule has 0 atom stereocenters. The van der Waals surface area contributed by atoms with Gasteiger partial charge in [0.2, 0.25) is 0 Å². The Morgan fingerprint density at radius 3 is 1.64 bits per heavy atom. The molecule has 0 aromatic heterocycles. The molecular weight excluding hydrogens is 461 g/mol. The van der Waals surface area contributed by atoms with Crippen LogP contribution in [0.5, 0.6) is 0 Å². The number of nitrogens with one attached hydrogen (secondary N) is 1. The van der Waals surface area contributed by atoms with E-state index < -0.39 is 12.1 Å². The van der Waals surface area contributed by atoms with Crippen LogP contribution in [0.4, 0.5) is 13.2 Å². The van der Waals surface area contributed by atoms with Crippen molar-refractivity contribution < 1.29 is 18.0 Å². The third-order valence-corrected chi connectivity index (χ3v) is 6.76. The summed E-state index contributed by atoms with van der Waals surface area (Å²) in [6, 6.07) is 0. The van der Waals surface area contributed by atoms with E-state index in [4.69, 9.17) is 0 Å². The number of hydrogen-bond acceptors (Lipinski definition) is 2. The molecule has 0 aliphatic heterocycles. The maximum Gasteiger partial charge on any atom is 0.471 e. The highest BCUT2D eigenvalue weighted by molar-refractivity contribution is 5.81. The van der Waals surface area contributed by atoms with Crippen LogP contribution in [0.2, 0.25) is 0 Å². The first kappa shape index (κ1) is 35.0. The number of allylic oxidation sites excluding steroid dienone is 2. The van der Waals surface area contributed by atoms with Gasteiger partial charge in [0.25, 0.3) is 0 Å². The van der Waals surface area contributed by atoms with Crippen molar-refractivity contribution >= 4 is 5.91 Å². The van der Waals surface area contributed by atoms with Gasteiger partial charge in [-0.1, -0.05) is 109 Å². The summed E-state index contributed by atoms with van der Waals surface area (Å²) in [4.78, 5) is 13.4. The fourth-order valence-corrected chi connectivity index (χ4v) is 4.43. The minimum Gasteiger partial charge on any atom is -0.348 e. The highest BCUT2D eigenvalue weighted by Gasteiger charge is 2.38. The van der Waals surface area contributed by atoms with E-state index in [1.165, 1.54) is 103 Å². The monoisotopic (exact) mass is 518 g/mol. The lowest BCUT2D eigenvalue weighted by Crippen LogP contribution is -2.37. The first-order valence-electron chi connectivity index (χ1n) is 15.1. The lowest BCUT2D eigenvalue weighted by molar-refractivity contribution is -0.173. The molecule has 0 fully saturated rings. The van der Waals surface area contributed by atoms with Crippen LogP contribution in [0.1, 0.15) is 142 Å². The number of unbranched alkanes of at least 4 members (excludes halogenated alkanes) is 16. The first-order valence-corrected chi connectivity index (χ1v) is 15.1. The van der Waals surface area contributed by atoms with E-state index in [9.17, 15) is 18.0 Å². The van der Waals surface area contributed by atoms with E-state index in [2.05, 4.69) is 30.9 Å². The quantitative estimate of drug-likeness (QED) is 0.0913. The largest absolute Gasteiger partial charge is 0.471 e. The van der Waals surface area contributed by atoms with Crippen molar-refractivity contribution in [3.05, 3.63) is 12.2 Å². The predicted octanol–water partition coefficient (Wildman–Crippen LogP) is 9.36. The molecule has 0 aromatic carbocycles. The molecular formula is C30H57F3N2O. The summed E-state index contributed by atoms with van der Waals surface area (Å²) >= 11 is 0. The number of amides is 1.